The van der Waals surface area contributed by atoms with Gasteiger partial charge in [-0.3, -0.25) is 4.79 Å². The lowest BCUT2D eigenvalue weighted by atomic mass is 9.82. The highest BCUT2D eigenvalue weighted by Gasteiger charge is 2.44. The van der Waals surface area contributed by atoms with Gasteiger partial charge >= 0.3 is 0 Å². The van der Waals surface area contributed by atoms with Crippen LogP contribution in [0.2, 0.25) is 0 Å². The van der Waals surface area contributed by atoms with Crippen LogP contribution in [0.3, 0.4) is 0 Å². The average Bonchev–Trinajstić information content (AvgIpc) is 2.65. The SMILES string of the molecule is C=CCNC(=S)N1CCC2(CC1)CC(=O)c1ccc(OC)c(OC)c1O2. The van der Waals surface area contributed by atoms with E-state index in [1.54, 1.807) is 32.4 Å². The van der Waals surface area contributed by atoms with Gasteiger partial charge in [0.1, 0.15) is 5.60 Å². The summed E-state index contributed by atoms with van der Waals surface area (Å²) in [6, 6.07) is 3.48. The number of fused-ring (bicyclic) bond motifs is 1. The number of Topliss-reactive ketones (excluding diaryl/α,β-unsaturated/α-hetero) is 1. The number of thiocarbonyl (C=S) groups is 1. The van der Waals surface area contributed by atoms with Gasteiger partial charge in [0, 0.05) is 32.5 Å². The molecule has 0 aromatic heterocycles. The first-order valence-corrected chi connectivity index (χ1v) is 9.05. The zero-order valence-electron chi connectivity index (χ0n) is 15.2. The molecule has 1 aromatic carbocycles. The molecular weight excluding hydrogens is 352 g/mol. The Morgan fingerprint density at radius 3 is 2.73 bits per heavy atom. The second-order valence-electron chi connectivity index (χ2n) is 6.52. The topological polar surface area (TPSA) is 60.0 Å². The standard InChI is InChI=1S/C19H24N2O4S/c1-4-9-20-18(26)21-10-7-19(8-11-21)12-14(22)13-5-6-15(23-2)17(24-3)16(13)25-19/h4-6H,1,7-12H2,2-3H3,(H,20,26). The van der Waals surface area contributed by atoms with Crippen LogP contribution in [0.15, 0.2) is 24.8 Å². The van der Waals surface area contributed by atoms with Crippen LogP contribution in [0, 0.1) is 0 Å². The van der Waals surface area contributed by atoms with E-state index in [9.17, 15) is 4.79 Å². The number of rotatable bonds is 4. The molecule has 26 heavy (non-hydrogen) atoms. The van der Waals surface area contributed by atoms with Crippen LogP contribution in [-0.2, 0) is 0 Å². The third-order valence-corrected chi connectivity index (χ3v) is 5.36. The molecule has 2 heterocycles. The molecular formula is C19H24N2O4S. The molecule has 0 atom stereocenters. The van der Waals surface area contributed by atoms with E-state index in [2.05, 4.69) is 16.8 Å². The monoisotopic (exact) mass is 376 g/mol. The molecule has 0 saturated carbocycles. The van der Waals surface area contributed by atoms with Gasteiger partial charge in [0.15, 0.2) is 22.4 Å². The number of hydrogen-bond acceptors (Lipinski definition) is 5. The van der Waals surface area contributed by atoms with E-state index in [-0.39, 0.29) is 5.78 Å². The first kappa shape index (κ1) is 18.5. The normalized spacial score (nSPS) is 17.9. The zero-order valence-corrected chi connectivity index (χ0v) is 16.0. The fourth-order valence-electron chi connectivity index (χ4n) is 3.53. The summed E-state index contributed by atoms with van der Waals surface area (Å²) in [5.74, 6) is 1.60. The maximum atomic E-state index is 12.7. The van der Waals surface area contributed by atoms with Crippen molar-refractivity contribution in [1.29, 1.82) is 0 Å². The Morgan fingerprint density at radius 1 is 1.38 bits per heavy atom. The van der Waals surface area contributed by atoms with Crippen LogP contribution < -0.4 is 19.5 Å². The molecule has 1 aromatic rings. The minimum absolute atomic E-state index is 0.0769. The number of hydrogen-bond donors (Lipinski definition) is 1. The van der Waals surface area contributed by atoms with Crippen LogP contribution in [0.4, 0.5) is 0 Å². The van der Waals surface area contributed by atoms with Gasteiger partial charge in [-0.2, -0.15) is 0 Å². The Kier molecular flexibility index (Phi) is 5.36. The molecule has 0 unspecified atom stereocenters. The van der Waals surface area contributed by atoms with E-state index in [0.717, 1.165) is 13.1 Å². The van der Waals surface area contributed by atoms with Gasteiger partial charge in [-0.05, 0) is 24.4 Å². The second-order valence-corrected chi connectivity index (χ2v) is 6.91. The van der Waals surface area contributed by atoms with Gasteiger partial charge in [0.05, 0.1) is 26.2 Å². The first-order valence-electron chi connectivity index (χ1n) is 8.64. The molecule has 140 valence electrons. The van der Waals surface area contributed by atoms with E-state index in [0.29, 0.717) is 53.7 Å². The first-order chi connectivity index (χ1) is 12.5. The summed E-state index contributed by atoms with van der Waals surface area (Å²) in [6.07, 6.45) is 3.58. The number of methoxy groups -OCH3 is 2. The average molecular weight is 376 g/mol. The third kappa shape index (κ3) is 3.35. The molecule has 3 rings (SSSR count). The Bertz CT molecular complexity index is 726. The number of nitrogens with one attached hydrogen (secondary N) is 1. The van der Waals surface area contributed by atoms with E-state index in [1.165, 1.54) is 0 Å². The van der Waals surface area contributed by atoms with E-state index in [4.69, 9.17) is 26.4 Å². The Labute approximate surface area is 159 Å². The lowest BCUT2D eigenvalue weighted by Crippen LogP contribution is -2.54. The number of ketones is 1. The molecule has 0 aliphatic carbocycles. The fourth-order valence-corrected chi connectivity index (χ4v) is 3.79. The molecule has 2 aliphatic rings. The minimum atomic E-state index is -0.520. The number of likely N-dealkylation sites (tertiary alicyclic amines) is 1. The molecule has 0 radical (unpaired) electrons. The number of carbonyl (C=O) groups excluding carboxylic acids is 1. The molecule has 1 spiro atoms. The maximum Gasteiger partial charge on any atom is 0.204 e. The summed E-state index contributed by atoms with van der Waals surface area (Å²) in [5.41, 5.74) is 0.0349. The number of benzene rings is 1. The van der Waals surface area contributed by atoms with Crippen molar-refractivity contribution in [2.75, 3.05) is 33.9 Å². The van der Waals surface area contributed by atoms with Gasteiger partial charge in [-0.1, -0.05) is 6.08 Å². The number of piperidine rings is 1. The Balaban J connectivity index is 1.80. The molecule has 7 heteroatoms. The summed E-state index contributed by atoms with van der Waals surface area (Å²) in [6.45, 7) is 5.79. The van der Waals surface area contributed by atoms with Crippen molar-refractivity contribution in [1.82, 2.24) is 10.2 Å². The summed E-state index contributed by atoms with van der Waals surface area (Å²) >= 11 is 5.41. The smallest absolute Gasteiger partial charge is 0.204 e. The zero-order chi connectivity index (χ0) is 18.7. The molecule has 0 amide bonds. The van der Waals surface area contributed by atoms with Crippen molar-refractivity contribution in [2.24, 2.45) is 0 Å². The van der Waals surface area contributed by atoms with Crippen LogP contribution in [0.5, 0.6) is 17.2 Å². The van der Waals surface area contributed by atoms with Gasteiger partial charge in [0.2, 0.25) is 5.75 Å². The van der Waals surface area contributed by atoms with Crippen LogP contribution in [0.1, 0.15) is 29.6 Å². The van der Waals surface area contributed by atoms with Crippen LogP contribution in [-0.4, -0.2) is 55.3 Å². The third-order valence-electron chi connectivity index (χ3n) is 4.96. The van der Waals surface area contributed by atoms with Crippen molar-refractivity contribution in [2.45, 2.75) is 24.9 Å². The Morgan fingerprint density at radius 2 is 2.12 bits per heavy atom. The summed E-state index contributed by atoms with van der Waals surface area (Å²) in [7, 11) is 3.12. The highest BCUT2D eigenvalue weighted by Crippen LogP contribution is 2.47. The van der Waals surface area contributed by atoms with Gasteiger partial charge in [0.25, 0.3) is 0 Å². The molecule has 6 nitrogen and oxygen atoms in total. The lowest BCUT2D eigenvalue weighted by molar-refractivity contribution is 0.00152. The number of ether oxygens (including phenoxy) is 3. The van der Waals surface area contributed by atoms with Gasteiger partial charge in [-0.25, -0.2) is 0 Å². The highest BCUT2D eigenvalue weighted by atomic mass is 32.1. The van der Waals surface area contributed by atoms with Gasteiger partial charge in [-0.15, -0.1) is 6.58 Å². The molecule has 2 aliphatic heterocycles. The minimum Gasteiger partial charge on any atom is -0.493 e. The predicted molar refractivity (Wildman–Crippen MR) is 103 cm³/mol. The number of nitrogens with zero attached hydrogens (tertiary/aromatic N) is 1. The summed E-state index contributed by atoms with van der Waals surface area (Å²) in [4.78, 5) is 14.9. The largest absolute Gasteiger partial charge is 0.493 e. The van der Waals surface area contributed by atoms with Crippen LogP contribution >= 0.6 is 12.2 Å². The van der Waals surface area contributed by atoms with E-state index >= 15 is 0 Å². The highest BCUT2D eigenvalue weighted by molar-refractivity contribution is 7.80. The van der Waals surface area contributed by atoms with Gasteiger partial charge < -0.3 is 24.4 Å². The van der Waals surface area contributed by atoms with Crippen molar-refractivity contribution < 1.29 is 19.0 Å². The molecule has 1 N–H and O–H groups in total. The predicted octanol–water partition coefficient (Wildman–Crippen LogP) is 2.56. The van der Waals surface area contributed by atoms with Crippen molar-refractivity contribution in [3.63, 3.8) is 0 Å². The summed E-state index contributed by atoms with van der Waals surface area (Å²) in [5, 5.41) is 3.86. The molecule has 1 fully saturated rings. The van der Waals surface area contributed by atoms with E-state index in [1.807, 2.05) is 0 Å². The van der Waals surface area contributed by atoms with Crippen molar-refractivity contribution >= 4 is 23.1 Å². The second kappa shape index (κ2) is 7.53. The van der Waals surface area contributed by atoms with E-state index < -0.39 is 5.60 Å². The summed E-state index contributed by atoms with van der Waals surface area (Å²) < 4.78 is 17.2. The van der Waals surface area contributed by atoms with Crippen molar-refractivity contribution in [3.05, 3.63) is 30.4 Å². The molecule has 0 bridgehead atoms. The Hall–Kier alpha value is -2.28. The quantitative estimate of drug-likeness (QED) is 0.640. The van der Waals surface area contributed by atoms with Crippen LogP contribution in [0.25, 0.3) is 0 Å². The fraction of sp³-hybridized carbons (Fsp3) is 0.474. The lowest BCUT2D eigenvalue weighted by Gasteiger charge is -2.44. The maximum absolute atomic E-state index is 12.7. The molecule has 1 saturated heterocycles. The van der Waals surface area contributed by atoms with Crippen molar-refractivity contribution in [3.8, 4) is 17.2 Å². The number of carbonyl (C=O) groups is 1.